The van der Waals surface area contributed by atoms with Crippen LogP contribution in [0.25, 0.3) is 0 Å². The largest absolute Gasteiger partial charge is 0.265 e. The number of likely N-dealkylation sites (N-methyl/N-ethyl adjacent to an activating group) is 1. The van der Waals surface area contributed by atoms with Crippen molar-refractivity contribution in [1.29, 1.82) is 0 Å². The van der Waals surface area contributed by atoms with E-state index in [0.717, 1.165) is 5.56 Å². The lowest BCUT2D eigenvalue weighted by molar-refractivity contribution is 0.465. The highest BCUT2D eigenvalue weighted by molar-refractivity contribution is 7.89. The number of pyridine rings is 1. The Hall–Kier alpha value is -0.940. The van der Waals surface area contributed by atoms with Gasteiger partial charge in [0.2, 0.25) is 10.0 Å². The molecular formula is C11H18N2O2S. The highest BCUT2D eigenvalue weighted by atomic mass is 32.2. The molecule has 5 heteroatoms. The van der Waals surface area contributed by atoms with Crippen LogP contribution in [-0.4, -0.2) is 36.5 Å². The molecule has 0 bridgehead atoms. The second-order valence-corrected chi connectivity index (χ2v) is 6.62. The molecule has 0 aliphatic rings. The van der Waals surface area contributed by atoms with Crippen LogP contribution in [0.1, 0.15) is 19.4 Å². The number of sulfonamides is 1. The molecule has 16 heavy (non-hydrogen) atoms. The molecule has 0 N–H and O–H groups in total. The van der Waals surface area contributed by atoms with Crippen LogP contribution in [0.2, 0.25) is 0 Å². The lowest BCUT2D eigenvalue weighted by Gasteiger charge is -2.19. The fourth-order valence-electron chi connectivity index (χ4n) is 1.32. The van der Waals surface area contributed by atoms with Crippen LogP contribution >= 0.6 is 0 Å². The van der Waals surface area contributed by atoms with Crippen molar-refractivity contribution in [2.75, 3.05) is 13.6 Å². The van der Waals surface area contributed by atoms with E-state index in [2.05, 4.69) is 4.98 Å². The highest BCUT2D eigenvalue weighted by Crippen LogP contribution is 2.07. The number of rotatable bonds is 5. The lowest BCUT2D eigenvalue weighted by atomic mass is 10.2. The summed E-state index contributed by atoms with van der Waals surface area (Å²) in [6.07, 6.45) is 4.14. The Morgan fingerprint density at radius 3 is 2.38 bits per heavy atom. The van der Waals surface area contributed by atoms with Gasteiger partial charge in [-0.2, -0.15) is 0 Å². The van der Waals surface area contributed by atoms with Gasteiger partial charge in [-0.25, -0.2) is 12.7 Å². The predicted molar refractivity (Wildman–Crippen MR) is 64.6 cm³/mol. The summed E-state index contributed by atoms with van der Waals surface area (Å²) in [7, 11) is -1.51. The summed E-state index contributed by atoms with van der Waals surface area (Å²) in [5.74, 6) is 0. The second-order valence-electron chi connectivity index (χ2n) is 4.02. The van der Waals surface area contributed by atoms with Crippen LogP contribution in [0, 0.1) is 0 Å². The summed E-state index contributed by atoms with van der Waals surface area (Å²) < 4.78 is 24.9. The van der Waals surface area contributed by atoms with Crippen LogP contribution in [-0.2, 0) is 16.4 Å². The summed E-state index contributed by atoms with van der Waals surface area (Å²) in [6.45, 7) is 3.89. The Bertz CT molecular complexity index is 415. The van der Waals surface area contributed by atoms with E-state index in [0.29, 0.717) is 13.0 Å². The zero-order chi connectivity index (χ0) is 12.2. The fraction of sp³-hybridized carbons (Fsp3) is 0.545. The van der Waals surface area contributed by atoms with E-state index in [4.69, 9.17) is 0 Å². The molecule has 0 unspecified atom stereocenters. The molecule has 1 aromatic rings. The molecule has 0 fully saturated rings. The second kappa shape index (κ2) is 5.41. The van der Waals surface area contributed by atoms with Crippen LogP contribution in [0.15, 0.2) is 24.5 Å². The number of hydrogen-bond acceptors (Lipinski definition) is 3. The van der Waals surface area contributed by atoms with Gasteiger partial charge in [0, 0.05) is 26.0 Å². The quantitative estimate of drug-likeness (QED) is 0.782. The highest BCUT2D eigenvalue weighted by Gasteiger charge is 2.21. The van der Waals surface area contributed by atoms with Gasteiger partial charge >= 0.3 is 0 Å². The molecule has 0 aromatic carbocycles. The molecule has 0 spiro atoms. The van der Waals surface area contributed by atoms with E-state index >= 15 is 0 Å². The smallest absolute Gasteiger partial charge is 0.216 e. The molecular weight excluding hydrogens is 224 g/mol. The van der Waals surface area contributed by atoms with Crippen LogP contribution in [0.5, 0.6) is 0 Å². The van der Waals surface area contributed by atoms with Crippen LogP contribution in [0.4, 0.5) is 0 Å². The molecule has 0 radical (unpaired) electrons. The molecule has 0 aliphatic carbocycles. The van der Waals surface area contributed by atoms with Crippen molar-refractivity contribution in [2.45, 2.75) is 25.5 Å². The van der Waals surface area contributed by atoms with E-state index in [1.165, 1.54) is 4.31 Å². The monoisotopic (exact) mass is 242 g/mol. The maximum atomic E-state index is 11.8. The zero-order valence-electron chi connectivity index (χ0n) is 9.92. The Labute approximate surface area is 97.4 Å². The molecule has 90 valence electrons. The van der Waals surface area contributed by atoms with Crippen LogP contribution in [0.3, 0.4) is 0 Å². The molecule has 4 nitrogen and oxygen atoms in total. The summed E-state index contributed by atoms with van der Waals surface area (Å²) in [5, 5.41) is -0.366. The number of nitrogens with zero attached hydrogens (tertiary/aromatic N) is 2. The molecule has 0 saturated carbocycles. The average Bonchev–Trinajstić information content (AvgIpc) is 2.27. The third-order valence-corrected chi connectivity index (χ3v) is 4.74. The standard InChI is InChI=1S/C11H18N2O2S/c1-10(2)16(14,15)13(3)9-6-11-4-7-12-8-5-11/h4-5,7-8,10H,6,9H2,1-3H3. The Morgan fingerprint density at radius 1 is 1.31 bits per heavy atom. The lowest BCUT2D eigenvalue weighted by Crippen LogP contribution is -2.34. The number of aromatic nitrogens is 1. The maximum Gasteiger partial charge on any atom is 0.216 e. The van der Waals surface area contributed by atoms with Crippen LogP contribution < -0.4 is 0 Å². The first-order chi connectivity index (χ1) is 7.44. The minimum Gasteiger partial charge on any atom is -0.265 e. The van der Waals surface area contributed by atoms with Gasteiger partial charge in [-0.15, -0.1) is 0 Å². The van der Waals surface area contributed by atoms with E-state index in [9.17, 15) is 8.42 Å². The Kier molecular flexibility index (Phi) is 4.44. The summed E-state index contributed by atoms with van der Waals surface area (Å²) in [4.78, 5) is 3.92. The van der Waals surface area contributed by atoms with E-state index in [1.54, 1.807) is 33.3 Å². The SMILES string of the molecule is CC(C)S(=O)(=O)N(C)CCc1ccncc1. The topological polar surface area (TPSA) is 50.3 Å². The molecule has 0 aliphatic heterocycles. The van der Waals surface area contributed by atoms with Crippen molar-refractivity contribution in [3.05, 3.63) is 30.1 Å². The maximum absolute atomic E-state index is 11.8. The summed E-state index contributed by atoms with van der Waals surface area (Å²) >= 11 is 0. The Morgan fingerprint density at radius 2 is 1.88 bits per heavy atom. The van der Waals surface area contributed by atoms with Gasteiger partial charge < -0.3 is 0 Å². The van der Waals surface area contributed by atoms with Crippen molar-refractivity contribution in [1.82, 2.24) is 9.29 Å². The molecule has 1 heterocycles. The normalized spacial score (nSPS) is 12.3. The van der Waals surface area contributed by atoms with Gasteiger partial charge in [-0.1, -0.05) is 0 Å². The first kappa shape index (κ1) is 13.1. The fourth-order valence-corrected chi connectivity index (χ4v) is 2.39. The van der Waals surface area contributed by atoms with Gasteiger partial charge in [-0.3, -0.25) is 4.98 Å². The third-order valence-electron chi connectivity index (χ3n) is 2.49. The summed E-state index contributed by atoms with van der Waals surface area (Å²) in [5.41, 5.74) is 1.10. The molecule has 1 aromatic heterocycles. The minimum absolute atomic E-state index is 0.366. The van der Waals surface area contributed by atoms with E-state index < -0.39 is 10.0 Å². The minimum atomic E-state index is -3.13. The first-order valence-corrected chi connectivity index (χ1v) is 6.79. The zero-order valence-corrected chi connectivity index (χ0v) is 10.7. The van der Waals surface area contributed by atoms with Crippen molar-refractivity contribution in [3.63, 3.8) is 0 Å². The molecule has 0 amide bonds. The third kappa shape index (κ3) is 3.28. The van der Waals surface area contributed by atoms with Crippen molar-refractivity contribution >= 4 is 10.0 Å². The van der Waals surface area contributed by atoms with E-state index in [-0.39, 0.29) is 5.25 Å². The van der Waals surface area contributed by atoms with Crippen molar-refractivity contribution in [2.24, 2.45) is 0 Å². The molecule has 0 atom stereocenters. The van der Waals surface area contributed by atoms with E-state index in [1.807, 2.05) is 12.1 Å². The van der Waals surface area contributed by atoms with Gasteiger partial charge in [0.1, 0.15) is 0 Å². The first-order valence-electron chi connectivity index (χ1n) is 5.28. The average molecular weight is 242 g/mol. The van der Waals surface area contributed by atoms with Gasteiger partial charge in [0.05, 0.1) is 5.25 Å². The van der Waals surface area contributed by atoms with Gasteiger partial charge in [0.25, 0.3) is 0 Å². The summed E-state index contributed by atoms with van der Waals surface area (Å²) in [6, 6.07) is 3.80. The predicted octanol–water partition coefficient (Wildman–Crippen LogP) is 1.29. The van der Waals surface area contributed by atoms with Crippen molar-refractivity contribution in [3.8, 4) is 0 Å². The van der Waals surface area contributed by atoms with Gasteiger partial charge in [0.15, 0.2) is 0 Å². The molecule has 0 saturated heterocycles. The van der Waals surface area contributed by atoms with Gasteiger partial charge in [-0.05, 0) is 38.0 Å². The molecule has 1 rings (SSSR count). The Balaban J connectivity index is 2.57. The van der Waals surface area contributed by atoms with Crippen molar-refractivity contribution < 1.29 is 8.42 Å². The number of hydrogen-bond donors (Lipinski definition) is 0.